The van der Waals surface area contributed by atoms with Crippen LogP contribution in [0.5, 0.6) is 5.75 Å². The number of fused-ring (bicyclic) bond motifs is 1. The van der Waals surface area contributed by atoms with E-state index in [1.807, 2.05) is 0 Å². The van der Waals surface area contributed by atoms with Gasteiger partial charge in [-0.15, -0.1) is 0 Å². The van der Waals surface area contributed by atoms with Crippen molar-refractivity contribution in [3.05, 3.63) is 35.7 Å². The van der Waals surface area contributed by atoms with Crippen LogP contribution in [0.25, 0.3) is 11.4 Å². The molecule has 1 aromatic carbocycles. The number of imidazole rings is 1. The van der Waals surface area contributed by atoms with Crippen LogP contribution in [-0.2, 0) is 17.5 Å². The van der Waals surface area contributed by atoms with Gasteiger partial charge in [-0.1, -0.05) is 12.1 Å². The third-order valence-corrected chi connectivity index (χ3v) is 3.84. The first kappa shape index (κ1) is 19.1. The highest BCUT2D eigenvalue weighted by Crippen LogP contribution is 2.32. The average molecular weight is 383 g/mol. The lowest BCUT2D eigenvalue weighted by molar-refractivity contribution is -0.140. The predicted octanol–water partition coefficient (Wildman–Crippen LogP) is 4.23. The molecule has 1 aliphatic rings. The number of ether oxygens (including phenoxy) is 2. The van der Waals surface area contributed by atoms with E-state index in [2.05, 4.69) is 9.97 Å². The molecule has 1 aliphatic heterocycles. The van der Waals surface area contributed by atoms with Gasteiger partial charge in [0.1, 0.15) is 23.8 Å². The highest BCUT2D eigenvalue weighted by Gasteiger charge is 2.34. The molecule has 6 nitrogen and oxygen atoms in total. The van der Waals surface area contributed by atoms with Gasteiger partial charge in [0.05, 0.1) is 13.1 Å². The molecular weight excluding hydrogens is 363 g/mol. The summed E-state index contributed by atoms with van der Waals surface area (Å²) >= 11 is 0. The minimum Gasteiger partial charge on any atom is -0.491 e. The Kier molecular flexibility index (Phi) is 4.79. The zero-order chi connectivity index (χ0) is 19.8. The number of alkyl halides is 3. The third-order valence-electron chi connectivity index (χ3n) is 3.84. The summed E-state index contributed by atoms with van der Waals surface area (Å²) in [5, 5.41) is 0. The van der Waals surface area contributed by atoms with E-state index in [0.717, 1.165) is 11.8 Å². The van der Waals surface area contributed by atoms with Gasteiger partial charge in [-0.2, -0.15) is 13.2 Å². The molecule has 0 saturated carbocycles. The number of benzene rings is 1. The molecule has 9 heteroatoms. The van der Waals surface area contributed by atoms with E-state index < -0.39 is 23.6 Å². The van der Waals surface area contributed by atoms with E-state index in [1.54, 1.807) is 39.0 Å². The van der Waals surface area contributed by atoms with Gasteiger partial charge in [0.25, 0.3) is 0 Å². The highest BCUT2D eigenvalue weighted by atomic mass is 19.4. The van der Waals surface area contributed by atoms with Crippen molar-refractivity contribution < 1.29 is 27.4 Å². The number of carbonyl (C=O) groups excluding carboxylic acids is 1. The zero-order valence-electron chi connectivity index (χ0n) is 15.2. The molecule has 0 fully saturated rings. The largest absolute Gasteiger partial charge is 0.491 e. The summed E-state index contributed by atoms with van der Waals surface area (Å²) in [4.78, 5) is 19.9. The highest BCUT2D eigenvalue weighted by molar-refractivity contribution is 5.69. The number of hydrogen-bond acceptors (Lipinski definition) is 4. The Morgan fingerprint density at radius 1 is 1.30 bits per heavy atom. The average Bonchev–Trinajstić information content (AvgIpc) is 2.94. The molecule has 1 N–H and O–H groups in total. The van der Waals surface area contributed by atoms with Crippen LogP contribution in [0.3, 0.4) is 0 Å². The molecule has 0 bridgehead atoms. The van der Waals surface area contributed by atoms with Crippen LogP contribution in [0.15, 0.2) is 24.4 Å². The number of halogens is 3. The first-order valence-corrected chi connectivity index (χ1v) is 8.39. The molecule has 0 saturated heterocycles. The normalized spacial score (nSPS) is 15.0. The molecule has 27 heavy (non-hydrogen) atoms. The Labute approximate surface area is 154 Å². The fraction of sp³-hybridized carbons (Fsp3) is 0.444. The first-order chi connectivity index (χ1) is 12.5. The Morgan fingerprint density at radius 3 is 2.67 bits per heavy atom. The summed E-state index contributed by atoms with van der Waals surface area (Å²) in [5.74, 6) is 0.602. The molecule has 3 rings (SSSR count). The third kappa shape index (κ3) is 4.53. The van der Waals surface area contributed by atoms with Crippen LogP contribution in [0, 0.1) is 0 Å². The van der Waals surface area contributed by atoms with E-state index in [1.165, 1.54) is 4.90 Å². The van der Waals surface area contributed by atoms with Crippen LogP contribution < -0.4 is 4.74 Å². The molecule has 0 unspecified atom stereocenters. The van der Waals surface area contributed by atoms with Gasteiger partial charge in [0.15, 0.2) is 5.69 Å². The molecule has 0 atom stereocenters. The quantitative estimate of drug-likeness (QED) is 0.801. The minimum atomic E-state index is -4.51. The zero-order valence-corrected chi connectivity index (χ0v) is 15.2. The Balaban J connectivity index is 1.81. The second-order valence-electron chi connectivity index (χ2n) is 7.20. The summed E-state index contributed by atoms with van der Waals surface area (Å²) < 4.78 is 49.2. The SMILES string of the molecule is CC(C)(C)OC(=O)N1CCOc2cc(-c3nc(C(F)(F)F)c[nH]3)ccc2C1. The summed E-state index contributed by atoms with van der Waals surface area (Å²) in [5.41, 5.74) is -0.379. The second-order valence-corrected chi connectivity index (χ2v) is 7.20. The molecule has 1 aromatic heterocycles. The molecule has 2 aromatic rings. The van der Waals surface area contributed by atoms with E-state index in [-0.39, 0.29) is 19.0 Å². The van der Waals surface area contributed by atoms with Crippen molar-refractivity contribution in [3.8, 4) is 17.1 Å². The first-order valence-electron chi connectivity index (χ1n) is 8.39. The van der Waals surface area contributed by atoms with Gasteiger partial charge in [0, 0.05) is 17.3 Å². The van der Waals surface area contributed by atoms with E-state index in [9.17, 15) is 18.0 Å². The smallest absolute Gasteiger partial charge is 0.434 e. The van der Waals surface area contributed by atoms with E-state index in [0.29, 0.717) is 17.9 Å². The maximum Gasteiger partial charge on any atom is 0.434 e. The lowest BCUT2D eigenvalue weighted by Gasteiger charge is -2.26. The van der Waals surface area contributed by atoms with Crippen LogP contribution in [0.1, 0.15) is 32.0 Å². The van der Waals surface area contributed by atoms with Crippen LogP contribution in [0.2, 0.25) is 0 Å². The maximum atomic E-state index is 12.7. The van der Waals surface area contributed by atoms with Gasteiger partial charge in [-0.25, -0.2) is 9.78 Å². The Bertz CT molecular complexity index is 840. The van der Waals surface area contributed by atoms with E-state index in [4.69, 9.17) is 9.47 Å². The van der Waals surface area contributed by atoms with Gasteiger partial charge < -0.3 is 19.4 Å². The summed E-state index contributed by atoms with van der Waals surface area (Å²) in [6.07, 6.45) is -4.12. The van der Waals surface area contributed by atoms with Gasteiger partial charge >= 0.3 is 12.3 Å². The lowest BCUT2D eigenvalue weighted by atomic mass is 10.1. The number of rotatable bonds is 1. The number of aromatic amines is 1. The molecule has 0 aliphatic carbocycles. The van der Waals surface area contributed by atoms with Crippen molar-refractivity contribution in [2.75, 3.05) is 13.2 Å². The monoisotopic (exact) mass is 383 g/mol. The lowest BCUT2D eigenvalue weighted by Crippen LogP contribution is -2.37. The molecule has 0 spiro atoms. The molecule has 2 heterocycles. The minimum absolute atomic E-state index is 0.0990. The number of nitrogens with one attached hydrogen (secondary N) is 1. The summed E-state index contributed by atoms with van der Waals surface area (Å²) in [6, 6.07) is 4.97. The van der Waals surface area contributed by atoms with E-state index >= 15 is 0 Å². The van der Waals surface area contributed by atoms with Crippen molar-refractivity contribution in [1.82, 2.24) is 14.9 Å². The molecule has 146 valence electrons. The Hall–Kier alpha value is -2.71. The molecular formula is C18H20F3N3O3. The second kappa shape index (κ2) is 6.79. The van der Waals surface area contributed by atoms with Gasteiger partial charge in [-0.3, -0.25) is 0 Å². The number of hydrogen-bond donors (Lipinski definition) is 1. The van der Waals surface area contributed by atoms with Crippen molar-refractivity contribution in [2.24, 2.45) is 0 Å². The van der Waals surface area contributed by atoms with Crippen LogP contribution in [0.4, 0.5) is 18.0 Å². The fourth-order valence-electron chi connectivity index (χ4n) is 2.61. The molecule has 1 amide bonds. The standard InChI is InChI=1S/C18H20F3N3O3/c1-17(2,3)27-16(25)24-6-7-26-13-8-11(4-5-12(13)10-24)15-22-9-14(23-15)18(19,20)21/h4-5,8-9H,6-7,10H2,1-3H3,(H,22,23). The van der Waals surface area contributed by atoms with Crippen molar-refractivity contribution in [2.45, 2.75) is 39.1 Å². The van der Waals surface area contributed by atoms with Crippen molar-refractivity contribution in [1.29, 1.82) is 0 Å². The van der Waals surface area contributed by atoms with Gasteiger partial charge in [0.2, 0.25) is 0 Å². The maximum absolute atomic E-state index is 12.7. The summed E-state index contributed by atoms with van der Waals surface area (Å²) in [6.45, 7) is 6.25. The number of H-pyrrole nitrogens is 1. The predicted molar refractivity (Wildman–Crippen MR) is 91.2 cm³/mol. The van der Waals surface area contributed by atoms with Crippen LogP contribution >= 0.6 is 0 Å². The fourth-order valence-corrected chi connectivity index (χ4v) is 2.61. The van der Waals surface area contributed by atoms with Crippen LogP contribution in [-0.4, -0.2) is 39.7 Å². The van der Waals surface area contributed by atoms with Gasteiger partial charge in [-0.05, 0) is 26.8 Å². The number of nitrogens with zero attached hydrogens (tertiary/aromatic N) is 2. The van der Waals surface area contributed by atoms with Crippen molar-refractivity contribution >= 4 is 6.09 Å². The number of aromatic nitrogens is 2. The topological polar surface area (TPSA) is 67.4 Å². The molecule has 0 radical (unpaired) electrons. The Morgan fingerprint density at radius 2 is 2.04 bits per heavy atom. The van der Waals surface area contributed by atoms with Crippen molar-refractivity contribution in [3.63, 3.8) is 0 Å². The number of amides is 1. The summed E-state index contributed by atoms with van der Waals surface area (Å²) in [7, 11) is 0. The number of carbonyl (C=O) groups is 1.